The monoisotopic (exact) mass is 499 g/mol. The van der Waals surface area contributed by atoms with E-state index in [1.807, 2.05) is 37.3 Å². The molecular weight excluding hydrogens is 462 g/mol. The maximum absolute atomic E-state index is 13.3. The molecule has 8 heteroatoms. The fourth-order valence-electron chi connectivity index (χ4n) is 4.46. The van der Waals surface area contributed by atoms with Crippen LogP contribution in [-0.4, -0.2) is 50.0 Å². The quantitative estimate of drug-likeness (QED) is 0.506. The van der Waals surface area contributed by atoms with E-state index in [-0.39, 0.29) is 30.8 Å². The highest BCUT2D eigenvalue weighted by Gasteiger charge is 2.28. The number of carbonyl (C=O) groups is 2. The van der Waals surface area contributed by atoms with Crippen LogP contribution in [0.4, 0.5) is 5.69 Å². The maximum Gasteiger partial charge on any atom is 0.242 e. The van der Waals surface area contributed by atoms with Crippen molar-refractivity contribution in [1.29, 1.82) is 0 Å². The van der Waals surface area contributed by atoms with E-state index in [9.17, 15) is 18.0 Å². The van der Waals surface area contributed by atoms with Gasteiger partial charge in [-0.3, -0.25) is 13.9 Å². The van der Waals surface area contributed by atoms with Gasteiger partial charge in [0.05, 0.1) is 11.9 Å². The first-order chi connectivity index (χ1) is 16.6. The van der Waals surface area contributed by atoms with Crippen LogP contribution >= 0.6 is 0 Å². The number of hydrogen-bond acceptors (Lipinski definition) is 4. The highest BCUT2D eigenvalue weighted by Crippen LogP contribution is 2.20. The number of anilines is 1. The number of nitrogens with zero attached hydrogens (tertiary/aromatic N) is 2. The molecule has 1 saturated carbocycles. The van der Waals surface area contributed by atoms with Crippen LogP contribution in [0.1, 0.15) is 56.6 Å². The van der Waals surface area contributed by atoms with Crippen LogP contribution in [-0.2, 0) is 26.2 Å². The van der Waals surface area contributed by atoms with E-state index in [0.29, 0.717) is 18.7 Å². The molecule has 190 valence electrons. The molecule has 1 unspecified atom stereocenters. The van der Waals surface area contributed by atoms with Crippen LogP contribution in [0.3, 0.4) is 0 Å². The normalized spacial score (nSPS) is 14.9. The summed E-state index contributed by atoms with van der Waals surface area (Å²) >= 11 is 0. The zero-order valence-electron chi connectivity index (χ0n) is 20.9. The number of para-hydroxylation sites is 1. The van der Waals surface area contributed by atoms with Crippen molar-refractivity contribution in [1.82, 2.24) is 10.2 Å². The predicted molar refractivity (Wildman–Crippen MR) is 139 cm³/mol. The zero-order chi connectivity index (χ0) is 25.4. The topological polar surface area (TPSA) is 86.8 Å². The largest absolute Gasteiger partial charge is 0.352 e. The van der Waals surface area contributed by atoms with Crippen molar-refractivity contribution in [3.8, 4) is 0 Å². The Kier molecular flexibility index (Phi) is 9.32. The lowest BCUT2D eigenvalue weighted by Crippen LogP contribution is -2.49. The Bertz CT molecular complexity index is 1080. The number of amides is 2. The van der Waals surface area contributed by atoms with Crippen LogP contribution in [0.5, 0.6) is 0 Å². The van der Waals surface area contributed by atoms with Crippen LogP contribution < -0.4 is 9.62 Å². The third kappa shape index (κ3) is 7.82. The summed E-state index contributed by atoms with van der Waals surface area (Å²) in [5, 5.41) is 3.10. The summed E-state index contributed by atoms with van der Waals surface area (Å²) in [6, 6.07) is 16.4. The lowest BCUT2D eigenvalue weighted by molar-refractivity contribution is -0.141. The number of aryl methyl sites for hydroxylation is 1. The van der Waals surface area contributed by atoms with Gasteiger partial charge in [0.2, 0.25) is 21.8 Å². The molecule has 7 nitrogen and oxygen atoms in total. The summed E-state index contributed by atoms with van der Waals surface area (Å²) in [6.07, 6.45) is 5.85. The molecule has 3 rings (SSSR count). The van der Waals surface area contributed by atoms with Crippen molar-refractivity contribution in [2.24, 2.45) is 0 Å². The summed E-state index contributed by atoms with van der Waals surface area (Å²) in [5.74, 6) is -0.305. The molecule has 35 heavy (non-hydrogen) atoms. The summed E-state index contributed by atoms with van der Waals surface area (Å²) in [6.45, 7) is 4.29. The van der Waals surface area contributed by atoms with Crippen LogP contribution in [0, 0.1) is 6.92 Å². The average Bonchev–Trinajstić information content (AvgIpc) is 3.33. The van der Waals surface area contributed by atoms with E-state index >= 15 is 0 Å². The highest BCUT2D eigenvalue weighted by molar-refractivity contribution is 7.92. The fourth-order valence-corrected chi connectivity index (χ4v) is 5.43. The lowest BCUT2D eigenvalue weighted by atomic mass is 10.1. The van der Waals surface area contributed by atoms with E-state index in [1.165, 1.54) is 10.6 Å². The Morgan fingerprint density at radius 3 is 2.26 bits per heavy atom. The number of hydrogen-bond donors (Lipinski definition) is 1. The van der Waals surface area contributed by atoms with Gasteiger partial charge in [-0.15, -0.1) is 0 Å². The van der Waals surface area contributed by atoms with Gasteiger partial charge < -0.3 is 10.2 Å². The van der Waals surface area contributed by atoms with E-state index in [2.05, 4.69) is 5.32 Å². The third-order valence-electron chi connectivity index (χ3n) is 6.54. The summed E-state index contributed by atoms with van der Waals surface area (Å²) < 4.78 is 26.0. The van der Waals surface area contributed by atoms with E-state index in [1.54, 1.807) is 36.1 Å². The summed E-state index contributed by atoms with van der Waals surface area (Å²) in [5.41, 5.74) is 2.65. The van der Waals surface area contributed by atoms with Gasteiger partial charge in [0.15, 0.2) is 0 Å². The molecule has 2 aromatic rings. The summed E-state index contributed by atoms with van der Waals surface area (Å²) in [7, 11) is -3.49. The van der Waals surface area contributed by atoms with E-state index < -0.39 is 16.1 Å². The molecule has 1 aliphatic rings. The first kappa shape index (κ1) is 26.7. The molecule has 1 N–H and O–H groups in total. The van der Waals surface area contributed by atoms with Crippen molar-refractivity contribution in [2.75, 3.05) is 17.1 Å². The van der Waals surface area contributed by atoms with Crippen LogP contribution in [0.25, 0.3) is 0 Å². The van der Waals surface area contributed by atoms with Crippen molar-refractivity contribution in [3.63, 3.8) is 0 Å². The molecular formula is C27H37N3O4S. The van der Waals surface area contributed by atoms with Crippen LogP contribution in [0.15, 0.2) is 54.6 Å². The van der Waals surface area contributed by atoms with Crippen molar-refractivity contribution in [3.05, 3.63) is 65.7 Å². The number of benzene rings is 2. The van der Waals surface area contributed by atoms with Gasteiger partial charge in [0.1, 0.15) is 6.04 Å². The van der Waals surface area contributed by atoms with Gasteiger partial charge in [-0.1, -0.05) is 60.9 Å². The molecule has 2 amide bonds. The molecule has 0 aliphatic heterocycles. The molecule has 0 saturated heterocycles. The molecule has 2 aromatic carbocycles. The lowest BCUT2D eigenvalue weighted by Gasteiger charge is -2.30. The molecule has 0 spiro atoms. The zero-order valence-corrected chi connectivity index (χ0v) is 21.8. The van der Waals surface area contributed by atoms with Crippen molar-refractivity contribution >= 4 is 27.5 Å². The smallest absolute Gasteiger partial charge is 0.242 e. The molecule has 0 heterocycles. The SMILES string of the molecule is Cc1ccc(CN(C(=O)CCCN(c2ccccc2)S(C)(=O)=O)C(C)C(=O)NC2CCCC2)cc1. The first-order valence-electron chi connectivity index (χ1n) is 12.3. The fraction of sp³-hybridized carbons (Fsp3) is 0.481. The molecule has 0 bridgehead atoms. The number of rotatable bonds is 11. The first-order valence-corrected chi connectivity index (χ1v) is 14.2. The Labute approximate surface area is 209 Å². The molecule has 1 aliphatic carbocycles. The number of carbonyl (C=O) groups excluding carboxylic acids is 2. The van der Waals surface area contributed by atoms with Gasteiger partial charge in [-0.05, 0) is 50.8 Å². The second kappa shape index (κ2) is 12.2. The maximum atomic E-state index is 13.3. The second-order valence-corrected chi connectivity index (χ2v) is 11.4. The van der Waals surface area contributed by atoms with Gasteiger partial charge in [0, 0.05) is 25.6 Å². The Morgan fingerprint density at radius 2 is 1.66 bits per heavy atom. The van der Waals surface area contributed by atoms with Gasteiger partial charge in [-0.25, -0.2) is 8.42 Å². The molecule has 0 aromatic heterocycles. The number of sulfonamides is 1. The Balaban J connectivity index is 1.69. The number of nitrogens with one attached hydrogen (secondary N) is 1. The van der Waals surface area contributed by atoms with Crippen LogP contribution in [0.2, 0.25) is 0 Å². The molecule has 1 fully saturated rings. The van der Waals surface area contributed by atoms with E-state index in [4.69, 9.17) is 0 Å². The third-order valence-corrected chi connectivity index (χ3v) is 7.73. The van der Waals surface area contributed by atoms with Gasteiger partial charge in [0.25, 0.3) is 0 Å². The Hall–Kier alpha value is -2.87. The minimum atomic E-state index is -3.49. The molecule has 0 radical (unpaired) electrons. The second-order valence-electron chi connectivity index (χ2n) is 9.45. The van der Waals surface area contributed by atoms with Crippen molar-refractivity contribution in [2.45, 2.75) is 71.0 Å². The molecule has 1 atom stereocenters. The summed E-state index contributed by atoms with van der Waals surface area (Å²) in [4.78, 5) is 28.0. The standard InChI is InChI=1S/C27H37N3O4S/c1-21-15-17-23(18-16-21)20-29(22(2)27(32)28-24-10-7-8-11-24)26(31)14-9-19-30(35(3,33)34)25-12-5-4-6-13-25/h4-6,12-13,15-18,22,24H,7-11,14,19-20H2,1-3H3,(H,28,32). The average molecular weight is 500 g/mol. The van der Waals surface area contributed by atoms with Crippen molar-refractivity contribution < 1.29 is 18.0 Å². The predicted octanol–water partition coefficient (Wildman–Crippen LogP) is 4.02. The van der Waals surface area contributed by atoms with Gasteiger partial charge >= 0.3 is 0 Å². The minimum absolute atomic E-state index is 0.139. The van der Waals surface area contributed by atoms with Gasteiger partial charge in [-0.2, -0.15) is 0 Å². The highest BCUT2D eigenvalue weighted by atomic mass is 32.2. The Morgan fingerprint density at radius 1 is 1.03 bits per heavy atom. The minimum Gasteiger partial charge on any atom is -0.352 e. The van der Waals surface area contributed by atoms with E-state index in [0.717, 1.165) is 36.8 Å².